The summed E-state index contributed by atoms with van der Waals surface area (Å²) in [6, 6.07) is 5.87. The Kier molecular flexibility index (Phi) is 9.45. The highest BCUT2D eigenvalue weighted by Crippen LogP contribution is 2.31. The molecule has 0 radical (unpaired) electrons. The first kappa shape index (κ1) is 26.5. The highest BCUT2D eigenvalue weighted by atomic mass is 35.5. The van der Waals surface area contributed by atoms with Gasteiger partial charge in [-0.25, -0.2) is 9.18 Å². The number of rotatable bonds is 8. The summed E-state index contributed by atoms with van der Waals surface area (Å²) in [6.07, 6.45) is 1.21. The van der Waals surface area contributed by atoms with Crippen LogP contribution in [0.25, 0.3) is 0 Å². The van der Waals surface area contributed by atoms with Crippen molar-refractivity contribution in [3.05, 3.63) is 57.1 Å². The van der Waals surface area contributed by atoms with Gasteiger partial charge in [0.05, 0.1) is 11.6 Å². The van der Waals surface area contributed by atoms with Crippen molar-refractivity contribution in [2.75, 3.05) is 20.6 Å². The second-order valence-corrected chi connectivity index (χ2v) is 10.5. The zero-order valence-corrected chi connectivity index (χ0v) is 21.5. The van der Waals surface area contributed by atoms with Crippen LogP contribution in [0.15, 0.2) is 35.0 Å². The van der Waals surface area contributed by atoms with Crippen LogP contribution in [0.5, 0.6) is 0 Å². The molecule has 0 saturated heterocycles. The van der Waals surface area contributed by atoms with Gasteiger partial charge in [0.1, 0.15) is 11.4 Å². The molecule has 1 aromatic heterocycles. The smallest absolute Gasteiger partial charge is 0.407 e. The number of ether oxygens (including phenoxy) is 1. The number of carbonyl (C=O) groups is 1. The Morgan fingerprint density at radius 2 is 2.03 bits per heavy atom. The van der Waals surface area contributed by atoms with Gasteiger partial charge in [-0.2, -0.15) is 5.10 Å². The summed E-state index contributed by atoms with van der Waals surface area (Å²) in [6.45, 7) is 7.05. The monoisotopic (exact) mass is 502 g/mol. The molecule has 0 aliphatic heterocycles. The van der Waals surface area contributed by atoms with Crippen LogP contribution in [0, 0.1) is 6.92 Å². The lowest BCUT2D eigenvalue weighted by atomic mass is 10.1. The first-order valence-electron chi connectivity index (χ1n) is 10.0. The number of carbonyl (C=O) groups excluding carboxylic acids is 1. The molecule has 0 aliphatic rings. The molecule has 2 rings (SSSR count). The van der Waals surface area contributed by atoms with Crippen molar-refractivity contribution >= 4 is 41.2 Å². The first-order chi connectivity index (χ1) is 14.9. The maximum Gasteiger partial charge on any atom is 0.407 e. The lowest BCUT2D eigenvalue weighted by Gasteiger charge is -2.19. The Morgan fingerprint density at radius 3 is 2.62 bits per heavy atom. The minimum atomic E-state index is -0.610. The molecule has 6 nitrogen and oxygen atoms in total. The topological polar surface area (TPSA) is 59.4 Å². The first-order valence-corrected chi connectivity index (χ1v) is 11.6. The van der Waals surface area contributed by atoms with E-state index in [1.54, 1.807) is 32.7 Å². The van der Waals surface area contributed by atoms with E-state index in [2.05, 4.69) is 10.4 Å². The summed E-state index contributed by atoms with van der Waals surface area (Å²) in [4.78, 5) is 12.6. The SMILES string of the molecule is Cc1c(Cc2ccc(SN(C)C)c(Cl)c2)c(Cl)nn1C/C(F)=C/CNC(=O)OC(C)(C)C. The molecule has 0 bridgehead atoms. The van der Waals surface area contributed by atoms with Crippen LogP contribution in [-0.4, -0.2) is 46.4 Å². The number of nitrogens with one attached hydrogen (secondary N) is 1. The largest absolute Gasteiger partial charge is 0.444 e. The van der Waals surface area contributed by atoms with Crippen molar-refractivity contribution in [2.45, 2.75) is 51.2 Å². The molecule has 1 N–H and O–H groups in total. The molecule has 0 spiro atoms. The van der Waals surface area contributed by atoms with Crippen LogP contribution in [0.2, 0.25) is 10.2 Å². The molecule has 2 aromatic rings. The quantitative estimate of drug-likeness (QED) is 0.446. The van der Waals surface area contributed by atoms with Gasteiger partial charge in [-0.15, -0.1) is 0 Å². The van der Waals surface area contributed by atoms with E-state index in [-0.39, 0.29) is 13.1 Å². The van der Waals surface area contributed by atoms with Gasteiger partial charge in [0.2, 0.25) is 0 Å². The third kappa shape index (κ3) is 8.31. The average Bonchev–Trinajstić information content (AvgIpc) is 2.89. The van der Waals surface area contributed by atoms with Crippen LogP contribution in [-0.2, 0) is 17.7 Å². The van der Waals surface area contributed by atoms with Crippen molar-refractivity contribution in [2.24, 2.45) is 0 Å². The van der Waals surface area contributed by atoms with E-state index in [1.165, 1.54) is 10.8 Å². The molecule has 0 saturated carbocycles. The van der Waals surface area contributed by atoms with Crippen LogP contribution in [0.1, 0.15) is 37.6 Å². The van der Waals surface area contributed by atoms with E-state index in [9.17, 15) is 9.18 Å². The molecule has 1 heterocycles. The second-order valence-electron chi connectivity index (χ2n) is 8.39. The Bertz CT molecular complexity index is 987. The Hall–Kier alpha value is -1.74. The zero-order chi connectivity index (χ0) is 24.1. The summed E-state index contributed by atoms with van der Waals surface area (Å²) in [7, 11) is 3.90. The maximum absolute atomic E-state index is 14.4. The molecule has 0 unspecified atom stereocenters. The lowest BCUT2D eigenvalue weighted by Crippen LogP contribution is -2.32. The van der Waals surface area contributed by atoms with Crippen molar-refractivity contribution in [1.29, 1.82) is 0 Å². The molecule has 1 aromatic carbocycles. The highest BCUT2D eigenvalue weighted by Gasteiger charge is 2.17. The van der Waals surface area contributed by atoms with Gasteiger partial charge < -0.3 is 10.1 Å². The minimum absolute atomic E-state index is 0.0114. The summed E-state index contributed by atoms with van der Waals surface area (Å²) in [5.74, 6) is -0.442. The zero-order valence-electron chi connectivity index (χ0n) is 19.1. The number of benzene rings is 1. The highest BCUT2D eigenvalue weighted by molar-refractivity contribution is 7.97. The number of amides is 1. The Labute approximate surface area is 203 Å². The minimum Gasteiger partial charge on any atom is -0.444 e. The lowest BCUT2D eigenvalue weighted by molar-refractivity contribution is 0.0534. The van der Waals surface area contributed by atoms with Gasteiger partial charge in [-0.1, -0.05) is 29.3 Å². The molecule has 0 aliphatic carbocycles. The Balaban J connectivity index is 2.03. The molecule has 32 heavy (non-hydrogen) atoms. The molecule has 0 fully saturated rings. The van der Waals surface area contributed by atoms with Crippen LogP contribution < -0.4 is 5.32 Å². The fourth-order valence-electron chi connectivity index (χ4n) is 2.80. The van der Waals surface area contributed by atoms with Crippen molar-refractivity contribution in [3.8, 4) is 0 Å². The average molecular weight is 503 g/mol. The van der Waals surface area contributed by atoms with Crippen LogP contribution >= 0.6 is 35.1 Å². The van der Waals surface area contributed by atoms with Crippen LogP contribution in [0.4, 0.5) is 9.18 Å². The normalized spacial score (nSPS) is 12.4. The van der Waals surface area contributed by atoms with E-state index >= 15 is 0 Å². The maximum atomic E-state index is 14.4. The molecule has 176 valence electrons. The Morgan fingerprint density at radius 1 is 1.34 bits per heavy atom. The van der Waals surface area contributed by atoms with Gasteiger partial charge in [0.15, 0.2) is 5.15 Å². The number of hydrogen-bond acceptors (Lipinski definition) is 5. The standard InChI is InChI=1S/C22H29Cl2FN4O2S/c1-14-17(11-15-7-8-19(18(23)12-15)32-28(5)6)20(24)27-29(14)13-16(25)9-10-26-21(30)31-22(2,3)4/h7-9,12H,10-11,13H2,1-6H3,(H,26,30)/b16-9-. The molecular weight excluding hydrogens is 474 g/mol. The van der Waals surface area contributed by atoms with E-state index in [0.717, 1.165) is 21.7 Å². The summed E-state index contributed by atoms with van der Waals surface area (Å²) >= 11 is 14.3. The van der Waals surface area contributed by atoms with E-state index < -0.39 is 17.5 Å². The summed E-state index contributed by atoms with van der Waals surface area (Å²) in [5, 5.41) is 7.74. The van der Waals surface area contributed by atoms with Crippen molar-refractivity contribution in [1.82, 2.24) is 19.4 Å². The van der Waals surface area contributed by atoms with E-state index in [4.69, 9.17) is 27.9 Å². The number of allylic oxidation sites excluding steroid dienone is 1. The predicted molar refractivity (Wildman–Crippen MR) is 129 cm³/mol. The molecular formula is C22H29Cl2FN4O2S. The van der Waals surface area contributed by atoms with E-state index in [0.29, 0.717) is 16.6 Å². The number of halogens is 3. The summed E-state index contributed by atoms with van der Waals surface area (Å²) in [5.41, 5.74) is 1.96. The number of nitrogens with zero attached hydrogens (tertiary/aromatic N) is 3. The van der Waals surface area contributed by atoms with Crippen LogP contribution in [0.3, 0.4) is 0 Å². The van der Waals surface area contributed by atoms with Gasteiger partial charge in [0, 0.05) is 29.1 Å². The fourth-order valence-corrected chi connectivity index (χ4v) is 4.07. The van der Waals surface area contributed by atoms with Crippen molar-refractivity contribution < 1.29 is 13.9 Å². The van der Waals surface area contributed by atoms with Gasteiger partial charge in [-0.3, -0.25) is 8.99 Å². The van der Waals surface area contributed by atoms with E-state index in [1.807, 2.05) is 43.5 Å². The fraction of sp³-hybridized carbons (Fsp3) is 0.455. The third-order valence-corrected chi connectivity index (χ3v) is 5.86. The number of aromatic nitrogens is 2. The van der Waals surface area contributed by atoms with Crippen molar-refractivity contribution in [3.63, 3.8) is 0 Å². The molecule has 0 atom stereocenters. The summed E-state index contributed by atoms with van der Waals surface area (Å²) < 4.78 is 23.0. The number of alkyl carbamates (subject to hydrolysis) is 1. The van der Waals surface area contributed by atoms with Gasteiger partial charge in [0.25, 0.3) is 0 Å². The van der Waals surface area contributed by atoms with Gasteiger partial charge >= 0.3 is 6.09 Å². The third-order valence-electron chi connectivity index (χ3n) is 4.21. The number of hydrogen-bond donors (Lipinski definition) is 1. The second kappa shape index (κ2) is 11.4. The molecule has 1 amide bonds. The molecule has 10 heteroatoms. The predicted octanol–water partition coefficient (Wildman–Crippen LogP) is 6.04. The van der Waals surface area contributed by atoms with Gasteiger partial charge in [-0.05, 0) is 77.5 Å².